The molecule has 0 saturated heterocycles. The summed E-state index contributed by atoms with van der Waals surface area (Å²) < 4.78 is 2.21. The zero-order valence-electron chi connectivity index (χ0n) is 9.20. The normalized spacial score (nSPS) is 11.1. The summed E-state index contributed by atoms with van der Waals surface area (Å²) in [6.45, 7) is 5.27. The number of imidazole rings is 1. The molecule has 0 aliphatic rings. The molecule has 0 aliphatic heterocycles. The summed E-state index contributed by atoms with van der Waals surface area (Å²) in [5.74, 6) is 0.921. The summed E-state index contributed by atoms with van der Waals surface area (Å²) in [6.07, 6.45) is 3.01. The van der Waals surface area contributed by atoms with Crippen LogP contribution in [0.25, 0.3) is 11.0 Å². The summed E-state index contributed by atoms with van der Waals surface area (Å²) >= 11 is 4.23. The Morgan fingerprint density at radius 3 is 2.73 bits per heavy atom. The average molecular weight is 220 g/mol. The molecule has 2 aromatic rings. The van der Waals surface area contributed by atoms with Crippen molar-refractivity contribution < 1.29 is 0 Å². The SMILES string of the molecule is Cc1cc2ncn(CCCS)c2cc1C. The van der Waals surface area contributed by atoms with Crippen LogP contribution < -0.4 is 0 Å². The van der Waals surface area contributed by atoms with Crippen molar-refractivity contribution in [2.45, 2.75) is 26.8 Å². The lowest BCUT2D eigenvalue weighted by molar-refractivity contribution is 0.703. The van der Waals surface area contributed by atoms with Gasteiger partial charge in [0.15, 0.2) is 0 Å². The van der Waals surface area contributed by atoms with Crippen molar-refractivity contribution in [2.75, 3.05) is 5.75 Å². The molecule has 3 heteroatoms. The van der Waals surface area contributed by atoms with Crippen molar-refractivity contribution in [3.8, 4) is 0 Å². The van der Waals surface area contributed by atoms with Crippen molar-refractivity contribution >= 4 is 23.7 Å². The minimum Gasteiger partial charge on any atom is -0.331 e. The van der Waals surface area contributed by atoms with E-state index in [9.17, 15) is 0 Å². The molecule has 0 saturated carbocycles. The first-order valence-corrected chi connectivity index (χ1v) is 5.88. The monoisotopic (exact) mass is 220 g/mol. The fourth-order valence-corrected chi connectivity index (χ4v) is 1.87. The van der Waals surface area contributed by atoms with Gasteiger partial charge in [0.1, 0.15) is 0 Å². The maximum absolute atomic E-state index is 4.41. The Bertz CT molecular complexity index is 474. The van der Waals surface area contributed by atoms with Crippen molar-refractivity contribution in [3.63, 3.8) is 0 Å². The van der Waals surface area contributed by atoms with E-state index >= 15 is 0 Å². The van der Waals surface area contributed by atoms with Gasteiger partial charge in [0.05, 0.1) is 17.4 Å². The van der Waals surface area contributed by atoms with Gasteiger partial charge in [-0.05, 0) is 49.3 Å². The minimum atomic E-state index is 0.921. The van der Waals surface area contributed by atoms with E-state index in [1.165, 1.54) is 16.6 Å². The van der Waals surface area contributed by atoms with E-state index < -0.39 is 0 Å². The maximum Gasteiger partial charge on any atom is 0.0958 e. The standard InChI is InChI=1S/C12H16N2S/c1-9-6-11-12(7-10(9)2)14(8-13-11)4-3-5-15/h6-8,15H,3-5H2,1-2H3. The first-order chi connectivity index (χ1) is 7.22. The van der Waals surface area contributed by atoms with Crippen molar-refractivity contribution in [2.24, 2.45) is 0 Å². The average Bonchev–Trinajstić information content (AvgIpc) is 2.59. The van der Waals surface area contributed by atoms with E-state index in [2.05, 4.69) is 48.2 Å². The number of thiol groups is 1. The Balaban J connectivity index is 2.45. The summed E-state index contributed by atoms with van der Waals surface area (Å²) in [4.78, 5) is 4.41. The topological polar surface area (TPSA) is 17.8 Å². The third-order valence-electron chi connectivity index (χ3n) is 2.79. The second-order valence-corrected chi connectivity index (χ2v) is 4.39. The molecule has 0 radical (unpaired) electrons. The second kappa shape index (κ2) is 4.27. The first kappa shape index (κ1) is 10.6. The van der Waals surface area contributed by atoms with Crippen LogP contribution in [0.5, 0.6) is 0 Å². The molecule has 1 aromatic carbocycles. The first-order valence-electron chi connectivity index (χ1n) is 5.25. The molecule has 80 valence electrons. The van der Waals surface area contributed by atoms with Crippen LogP contribution in [0.2, 0.25) is 0 Å². The molecule has 0 bridgehead atoms. The smallest absolute Gasteiger partial charge is 0.0958 e. The van der Waals surface area contributed by atoms with Crippen molar-refractivity contribution in [3.05, 3.63) is 29.6 Å². The number of aryl methyl sites for hydroxylation is 3. The molecule has 0 spiro atoms. The van der Waals surface area contributed by atoms with Gasteiger partial charge in [-0.3, -0.25) is 0 Å². The number of aromatic nitrogens is 2. The molecule has 0 N–H and O–H groups in total. The molecule has 0 atom stereocenters. The number of fused-ring (bicyclic) bond motifs is 1. The van der Waals surface area contributed by atoms with Gasteiger partial charge in [0.25, 0.3) is 0 Å². The van der Waals surface area contributed by atoms with E-state index in [1.807, 2.05) is 6.33 Å². The van der Waals surface area contributed by atoms with Crippen LogP contribution in [-0.2, 0) is 6.54 Å². The van der Waals surface area contributed by atoms with Gasteiger partial charge in [0, 0.05) is 6.54 Å². The van der Waals surface area contributed by atoms with Crippen LogP contribution in [0.1, 0.15) is 17.5 Å². The molecule has 0 aliphatic carbocycles. The molecule has 15 heavy (non-hydrogen) atoms. The molecule has 2 nitrogen and oxygen atoms in total. The van der Waals surface area contributed by atoms with Crippen LogP contribution in [0.15, 0.2) is 18.5 Å². The highest BCUT2D eigenvalue weighted by Gasteiger charge is 2.04. The molecule has 1 aromatic heterocycles. The van der Waals surface area contributed by atoms with Crippen LogP contribution >= 0.6 is 12.6 Å². The van der Waals surface area contributed by atoms with Gasteiger partial charge >= 0.3 is 0 Å². The molecule has 0 amide bonds. The maximum atomic E-state index is 4.41. The van der Waals surface area contributed by atoms with Crippen molar-refractivity contribution in [1.82, 2.24) is 9.55 Å². The molecule has 2 rings (SSSR count). The number of nitrogens with zero attached hydrogens (tertiary/aromatic N) is 2. The Kier molecular flexibility index (Phi) is 3.00. The summed E-state index contributed by atoms with van der Waals surface area (Å²) in [7, 11) is 0. The van der Waals surface area contributed by atoms with E-state index in [0.29, 0.717) is 0 Å². The zero-order chi connectivity index (χ0) is 10.8. The van der Waals surface area contributed by atoms with Crippen LogP contribution in [0, 0.1) is 13.8 Å². The van der Waals surface area contributed by atoms with E-state index in [4.69, 9.17) is 0 Å². The highest BCUT2D eigenvalue weighted by atomic mass is 32.1. The Morgan fingerprint density at radius 1 is 1.27 bits per heavy atom. The van der Waals surface area contributed by atoms with Crippen LogP contribution in [0.4, 0.5) is 0 Å². The highest BCUT2D eigenvalue weighted by Crippen LogP contribution is 2.18. The number of hydrogen-bond acceptors (Lipinski definition) is 2. The predicted molar refractivity (Wildman–Crippen MR) is 67.7 cm³/mol. The fraction of sp³-hybridized carbons (Fsp3) is 0.417. The lowest BCUT2D eigenvalue weighted by Gasteiger charge is -2.04. The largest absolute Gasteiger partial charge is 0.331 e. The third-order valence-corrected chi connectivity index (χ3v) is 3.11. The van der Waals surface area contributed by atoms with Crippen molar-refractivity contribution in [1.29, 1.82) is 0 Å². The Labute approximate surface area is 95.7 Å². The van der Waals surface area contributed by atoms with Crippen LogP contribution in [0.3, 0.4) is 0 Å². The predicted octanol–water partition coefficient (Wildman–Crippen LogP) is 2.97. The number of rotatable bonds is 3. The minimum absolute atomic E-state index is 0.921. The summed E-state index contributed by atoms with van der Waals surface area (Å²) in [5, 5.41) is 0. The summed E-state index contributed by atoms with van der Waals surface area (Å²) in [5.41, 5.74) is 4.97. The molecular formula is C12H16N2S. The highest BCUT2D eigenvalue weighted by molar-refractivity contribution is 7.80. The van der Waals surface area contributed by atoms with Gasteiger partial charge in [-0.25, -0.2) is 4.98 Å². The van der Waals surface area contributed by atoms with Gasteiger partial charge in [0.2, 0.25) is 0 Å². The lowest BCUT2D eigenvalue weighted by atomic mass is 10.1. The molecule has 0 unspecified atom stereocenters. The second-order valence-electron chi connectivity index (χ2n) is 3.94. The third kappa shape index (κ3) is 2.02. The molecule has 0 fully saturated rings. The lowest BCUT2D eigenvalue weighted by Crippen LogP contribution is -1.96. The molecule has 1 heterocycles. The van der Waals surface area contributed by atoms with Gasteiger partial charge in [-0.2, -0.15) is 12.6 Å². The van der Waals surface area contributed by atoms with E-state index in [1.54, 1.807) is 0 Å². The summed E-state index contributed by atoms with van der Waals surface area (Å²) in [6, 6.07) is 4.37. The Morgan fingerprint density at radius 2 is 2.00 bits per heavy atom. The fourth-order valence-electron chi connectivity index (χ4n) is 1.73. The number of benzene rings is 1. The van der Waals surface area contributed by atoms with Gasteiger partial charge in [-0.15, -0.1) is 0 Å². The van der Waals surface area contributed by atoms with Gasteiger partial charge < -0.3 is 4.57 Å². The van der Waals surface area contributed by atoms with E-state index in [-0.39, 0.29) is 0 Å². The quantitative estimate of drug-likeness (QED) is 0.787. The van der Waals surface area contributed by atoms with E-state index in [0.717, 1.165) is 24.2 Å². The van der Waals surface area contributed by atoms with Crippen LogP contribution in [-0.4, -0.2) is 15.3 Å². The zero-order valence-corrected chi connectivity index (χ0v) is 10.1. The van der Waals surface area contributed by atoms with Gasteiger partial charge in [-0.1, -0.05) is 0 Å². The number of hydrogen-bond donors (Lipinski definition) is 1. The molecular weight excluding hydrogens is 204 g/mol. The Hall–Kier alpha value is -0.960.